The molecule has 0 fully saturated rings. The number of ether oxygens (including phenoxy) is 1. The number of benzene rings is 2. The minimum absolute atomic E-state index is 0.723. The molecule has 0 aliphatic heterocycles. The standard InChI is InChI=1S/C16H19NO/c1-4-12-9-11(2)5-7-14(12)15-8-6-13(17)10-16(15)18-3/h5-10H,4,17H2,1-3H3. The van der Waals surface area contributed by atoms with E-state index >= 15 is 0 Å². The minimum Gasteiger partial charge on any atom is -0.496 e. The fraction of sp³-hybridized carbons (Fsp3) is 0.250. The van der Waals surface area contributed by atoms with E-state index in [4.69, 9.17) is 10.5 Å². The molecule has 2 aromatic rings. The monoisotopic (exact) mass is 241 g/mol. The van der Waals surface area contributed by atoms with Crippen molar-refractivity contribution in [1.82, 2.24) is 0 Å². The Hall–Kier alpha value is -1.96. The fourth-order valence-electron chi connectivity index (χ4n) is 2.21. The first-order chi connectivity index (χ1) is 8.65. The van der Waals surface area contributed by atoms with Crippen LogP contribution in [0.5, 0.6) is 5.75 Å². The molecule has 0 saturated carbocycles. The Bertz CT molecular complexity index is 510. The number of aryl methyl sites for hydroxylation is 2. The second kappa shape index (κ2) is 5.13. The Morgan fingerprint density at radius 1 is 1.06 bits per heavy atom. The van der Waals surface area contributed by atoms with Crippen molar-refractivity contribution in [2.75, 3.05) is 12.8 Å². The number of rotatable bonds is 3. The van der Waals surface area contributed by atoms with Gasteiger partial charge in [-0.15, -0.1) is 0 Å². The van der Waals surface area contributed by atoms with Crippen LogP contribution in [0, 0.1) is 6.92 Å². The van der Waals surface area contributed by atoms with Crippen LogP contribution in [0.15, 0.2) is 36.4 Å². The smallest absolute Gasteiger partial charge is 0.128 e. The fourth-order valence-corrected chi connectivity index (χ4v) is 2.21. The van der Waals surface area contributed by atoms with Crippen molar-refractivity contribution in [3.8, 4) is 16.9 Å². The summed E-state index contributed by atoms with van der Waals surface area (Å²) in [6.07, 6.45) is 1.00. The van der Waals surface area contributed by atoms with Crippen molar-refractivity contribution in [1.29, 1.82) is 0 Å². The van der Waals surface area contributed by atoms with Gasteiger partial charge in [0.05, 0.1) is 7.11 Å². The lowest BCUT2D eigenvalue weighted by Gasteiger charge is -2.13. The van der Waals surface area contributed by atoms with Crippen LogP contribution >= 0.6 is 0 Å². The quantitative estimate of drug-likeness (QED) is 0.829. The molecule has 0 atom stereocenters. The molecule has 0 unspecified atom stereocenters. The molecule has 0 spiro atoms. The maximum atomic E-state index is 5.80. The zero-order valence-corrected chi connectivity index (χ0v) is 11.2. The average Bonchev–Trinajstić information content (AvgIpc) is 2.38. The minimum atomic E-state index is 0.723. The van der Waals surface area contributed by atoms with Gasteiger partial charge in [-0.2, -0.15) is 0 Å². The van der Waals surface area contributed by atoms with Crippen molar-refractivity contribution in [3.05, 3.63) is 47.5 Å². The predicted molar refractivity (Wildman–Crippen MR) is 77.0 cm³/mol. The molecule has 0 radical (unpaired) electrons. The van der Waals surface area contributed by atoms with Gasteiger partial charge in [0.25, 0.3) is 0 Å². The largest absolute Gasteiger partial charge is 0.496 e. The summed E-state index contributed by atoms with van der Waals surface area (Å²) < 4.78 is 5.43. The molecule has 0 heterocycles. The molecular formula is C16H19NO. The molecule has 2 heteroatoms. The molecule has 2 aromatic carbocycles. The van der Waals surface area contributed by atoms with Gasteiger partial charge in [0.1, 0.15) is 5.75 Å². The van der Waals surface area contributed by atoms with Crippen molar-refractivity contribution in [2.24, 2.45) is 0 Å². The molecule has 94 valence electrons. The van der Waals surface area contributed by atoms with E-state index in [0.717, 1.165) is 23.4 Å². The Morgan fingerprint density at radius 2 is 1.78 bits per heavy atom. The van der Waals surface area contributed by atoms with E-state index in [-0.39, 0.29) is 0 Å². The third-order valence-electron chi connectivity index (χ3n) is 3.16. The zero-order valence-electron chi connectivity index (χ0n) is 11.2. The summed E-state index contributed by atoms with van der Waals surface area (Å²) in [5.74, 6) is 0.827. The van der Waals surface area contributed by atoms with Crippen LogP contribution in [-0.4, -0.2) is 7.11 Å². The van der Waals surface area contributed by atoms with Gasteiger partial charge in [0.15, 0.2) is 0 Å². The van der Waals surface area contributed by atoms with Gasteiger partial charge in [-0.1, -0.05) is 30.7 Å². The van der Waals surface area contributed by atoms with Gasteiger partial charge in [-0.3, -0.25) is 0 Å². The number of anilines is 1. The normalized spacial score (nSPS) is 10.4. The van der Waals surface area contributed by atoms with Crippen LogP contribution in [0.2, 0.25) is 0 Å². The molecular weight excluding hydrogens is 222 g/mol. The maximum Gasteiger partial charge on any atom is 0.128 e. The van der Waals surface area contributed by atoms with E-state index in [0.29, 0.717) is 0 Å². The van der Waals surface area contributed by atoms with Crippen molar-refractivity contribution in [3.63, 3.8) is 0 Å². The second-order valence-electron chi connectivity index (χ2n) is 4.47. The highest BCUT2D eigenvalue weighted by Crippen LogP contribution is 2.34. The Balaban J connectivity index is 2.61. The van der Waals surface area contributed by atoms with Crippen LogP contribution in [-0.2, 0) is 6.42 Å². The predicted octanol–water partition coefficient (Wildman–Crippen LogP) is 3.82. The molecule has 0 aliphatic carbocycles. The highest BCUT2D eigenvalue weighted by atomic mass is 16.5. The molecule has 0 bridgehead atoms. The maximum absolute atomic E-state index is 5.80. The molecule has 2 rings (SSSR count). The molecule has 0 saturated heterocycles. The summed E-state index contributed by atoms with van der Waals surface area (Å²) in [6, 6.07) is 12.3. The first-order valence-electron chi connectivity index (χ1n) is 6.19. The highest BCUT2D eigenvalue weighted by Gasteiger charge is 2.09. The topological polar surface area (TPSA) is 35.2 Å². The molecule has 18 heavy (non-hydrogen) atoms. The Kier molecular flexibility index (Phi) is 3.56. The summed E-state index contributed by atoms with van der Waals surface area (Å²) in [7, 11) is 1.68. The van der Waals surface area contributed by atoms with Crippen LogP contribution in [0.4, 0.5) is 5.69 Å². The van der Waals surface area contributed by atoms with E-state index in [1.807, 2.05) is 18.2 Å². The summed E-state index contributed by atoms with van der Waals surface area (Å²) in [5.41, 5.74) is 11.5. The van der Waals surface area contributed by atoms with Crippen LogP contribution < -0.4 is 10.5 Å². The summed E-state index contributed by atoms with van der Waals surface area (Å²) in [5, 5.41) is 0. The lowest BCUT2D eigenvalue weighted by Crippen LogP contribution is -1.94. The van der Waals surface area contributed by atoms with Gasteiger partial charge < -0.3 is 10.5 Å². The van der Waals surface area contributed by atoms with Gasteiger partial charge in [-0.05, 0) is 36.6 Å². The lowest BCUT2D eigenvalue weighted by molar-refractivity contribution is 0.416. The number of hydrogen-bond acceptors (Lipinski definition) is 2. The van der Waals surface area contributed by atoms with E-state index < -0.39 is 0 Å². The van der Waals surface area contributed by atoms with E-state index in [2.05, 4.69) is 32.0 Å². The van der Waals surface area contributed by atoms with Gasteiger partial charge in [-0.25, -0.2) is 0 Å². The van der Waals surface area contributed by atoms with E-state index in [1.165, 1.54) is 16.7 Å². The number of methoxy groups -OCH3 is 1. The van der Waals surface area contributed by atoms with Gasteiger partial charge in [0.2, 0.25) is 0 Å². The second-order valence-corrected chi connectivity index (χ2v) is 4.47. The molecule has 2 N–H and O–H groups in total. The highest BCUT2D eigenvalue weighted by molar-refractivity contribution is 5.75. The van der Waals surface area contributed by atoms with Crippen LogP contribution in [0.25, 0.3) is 11.1 Å². The average molecular weight is 241 g/mol. The number of nitrogen functional groups attached to an aromatic ring is 1. The third-order valence-corrected chi connectivity index (χ3v) is 3.16. The van der Waals surface area contributed by atoms with Gasteiger partial charge >= 0.3 is 0 Å². The first kappa shape index (κ1) is 12.5. The van der Waals surface area contributed by atoms with Crippen molar-refractivity contribution < 1.29 is 4.74 Å². The third kappa shape index (κ3) is 2.33. The molecule has 0 aromatic heterocycles. The summed E-state index contributed by atoms with van der Waals surface area (Å²) >= 11 is 0. The SMILES string of the molecule is CCc1cc(C)ccc1-c1ccc(N)cc1OC. The van der Waals surface area contributed by atoms with E-state index in [1.54, 1.807) is 7.11 Å². The number of nitrogens with two attached hydrogens (primary N) is 1. The van der Waals surface area contributed by atoms with Gasteiger partial charge in [0, 0.05) is 17.3 Å². The van der Waals surface area contributed by atoms with Crippen LogP contribution in [0.1, 0.15) is 18.1 Å². The zero-order chi connectivity index (χ0) is 13.1. The molecule has 0 aliphatic rings. The summed E-state index contributed by atoms with van der Waals surface area (Å²) in [4.78, 5) is 0. The van der Waals surface area contributed by atoms with Crippen molar-refractivity contribution >= 4 is 5.69 Å². The van der Waals surface area contributed by atoms with Crippen LogP contribution in [0.3, 0.4) is 0 Å². The molecule has 2 nitrogen and oxygen atoms in total. The Morgan fingerprint density at radius 3 is 2.44 bits per heavy atom. The summed E-state index contributed by atoms with van der Waals surface area (Å²) in [6.45, 7) is 4.28. The van der Waals surface area contributed by atoms with E-state index in [9.17, 15) is 0 Å². The molecule has 0 amide bonds. The first-order valence-corrected chi connectivity index (χ1v) is 6.19. The lowest BCUT2D eigenvalue weighted by atomic mass is 9.95. The number of hydrogen-bond donors (Lipinski definition) is 1. The van der Waals surface area contributed by atoms with Crippen molar-refractivity contribution in [2.45, 2.75) is 20.3 Å². The Labute approximate surface area is 108 Å².